The van der Waals surface area contributed by atoms with E-state index in [1.54, 1.807) is 4.57 Å². The standard InChI is InChI=1S/C19H25N5O/c1-6-23-16(25)13-9-7-8-10-14(13)24-15(20-21-17(23)24)11-22-12-18(2,3)19(22,4)5/h7-10H,6,11-12H2,1-5H3. The maximum absolute atomic E-state index is 12.7. The molecule has 6 heteroatoms. The molecule has 0 atom stereocenters. The second kappa shape index (κ2) is 5.14. The van der Waals surface area contributed by atoms with E-state index >= 15 is 0 Å². The summed E-state index contributed by atoms with van der Waals surface area (Å²) in [5.74, 6) is 1.51. The highest BCUT2D eigenvalue weighted by Gasteiger charge is 2.52. The van der Waals surface area contributed by atoms with Gasteiger partial charge in [0.05, 0.1) is 17.4 Å². The van der Waals surface area contributed by atoms with Crippen molar-refractivity contribution in [2.24, 2.45) is 5.41 Å². The van der Waals surface area contributed by atoms with Gasteiger partial charge < -0.3 is 0 Å². The molecular formula is C19H25N5O. The molecule has 0 unspecified atom stereocenters. The molecule has 132 valence electrons. The summed E-state index contributed by atoms with van der Waals surface area (Å²) in [6.45, 7) is 13.5. The van der Waals surface area contributed by atoms with Crippen molar-refractivity contribution in [2.75, 3.05) is 6.54 Å². The van der Waals surface area contributed by atoms with E-state index in [-0.39, 0.29) is 16.5 Å². The predicted molar refractivity (Wildman–Crippen MR) is 98.7 cm³/mol. The first-order valence-electron chi connectivity index (χ1n) is 8.88. The van der Waals surface area contributed by atoms with E-state index in [1.807, 2.05) is 35.6 Å². The Morgan fingerprint density at radius 1 is 1.12 bits per heavy atom. The van der Waals surface area contributed by atoms with Crippen molar-refractivity contribution in [2.45, 2.75) is 53.2 Å². The number of hydrogen-bond donors (Lipinski definition) is 0. The largest absolute Gasteiger partial charge is 0.290 e. The SMILES string of the molecule is CCn1c(=O)c2ccccc2n2c(CN3CC(C)(C)C3(C)C)nnc12. The van der Waals surface area contributed by atoms with Crippen LogP contribution in [0.5, 0.6) is 0 Å². The zero-order valence-corrected chi connectivity index (χ0v) is 15.6. The number of benzene rings is 1. The molecule has 0 spiro atoms. The van der Waals surface area contributed by atoms with Gasteiger partial charge in [0.1, 0.15) is 0 Å². The van der Waals surface area contributed by atoms with Gasteiger partial charge in [-0.2, -0.15) is 0 Å². The van der Waals surface area contributed by atoms with Crippen LogP contribution in [-0.4, -0.2) is 36.1 Å². The van der Waals surface area contributed by atoms with Crippen molar-refractivity contribution < 1.29 is 0 Å². The third-order valence-electron chi connectivity index (χ3n) is 6.26. The highest BCUT2D eigenvalue weighted by molar-refractivity contribution is 5.80. The summed E-state index contributed by atoms with van der Waals surface area (Å²) in [4.78, 5) is 15.2. The summed E-state index contributed by atoms with van der Waals surface area (Å²) in [6.07, 6.45) is 0. The topological polar surface area (TPSA) is 55.4 Å². The van der Waals surface area contributed by atoms with Crippen LogP contribution < -0.4 is 5.56 Å². The van der Waals surface area contributed by atoms with Gasteiger partial charge >= 0.3 is 0 Å². The number of para-hydroxylation sites is 1. The molecule has 0 amide bonds. The van der Waals surface area contributed by atoms with E-state index < -0.39 is 0 Å². The number of fused-ring (bicyclic) bond motifs is 3. The van der Waals surface area contributed by atoms with Crippen molar-refractivity contribution >= 4 is 16.7 Å². The van der Waals surface area contributed by atoms with Crippen LogP contribution in [0.2, 0.25) is 0 Å². The first-order chi connectivity index (χ1) is 11.8. The maximum Gasteiger partial charge on any atom is 0.262 e. The average molecular weight is 339 g/mol. The Balaban J connectivity index is 1.90. The number of hydrogen-bond acceptors (Lipinski definition) is 4. The summed E-state index contributed by atoms with van der Waals surface area (Å²) in [6, 6.07) is 7.71. The zero-order chi connectivity index (χ0) is 18.0. The lowest BCUT2D eigenvalue weighted by atomic mass is 9.65. The van der Waals surface area contributed by atoms with Crippen LogP contribution in [0, 0.1) is 5.41 Å². The molecule has 1 aliphatic heterocycles. The molecular weight excluding hydrogens is 314 g/mol. The smallest absolute Gasteiger partial charge is 0.262 e. The highest BCUT2D eigenvalue weighted by atomic mass is 16.1. The minimum atomic E-state index is -0.00466. The molecule has 0 N–H and O–H groups in total. The normalized spacial score (nSPS) is 19.4. The Labute approximate surface area is 147 Å². The van der Waals surface area contributed by atoms with E-state index in [2.05, 4.69) is 42.8 Å². The van der Waals surface area contributed by atoms with Crippen molar-refractivity contribution in [3.05, 3.63) is 40.4 Å². The third kappa shape index (κ3) is 2.10. The van der Waals surface area contributed by atoms with Crippen LogP contribution in [0.4, 0.5) is 0 Å². The van der Waals surface area contributed by atoms with E-state index in [1.165, 1.54) is 0 Å². The van der Waals surface area contributed by atoms with Gasteiger partial charge in [0, 0.05) is 18.6 Å². The number of likely N-dealkylation sites (tertiary alicyclic amines) is 1. The Morgan fingerprint density at radius 3 is 2.48 bits per heavy atom. The van der Waals surface area contributed by atoms with E-state index in [0.29, 0.717) is 17.7 Å². The molecule has 0 aliphatic carbocycles. The first kappa shape index (κ1) is 16.3. The van der Waals surface area contributed by atoms with Crippen molar-refractivity contribution in [1.29, 1.82) is 0 Å². The van der Waals surface area contributed by atoms with Crippen LogP contribution in [-0.2, 0) is 13.1 Å². The summed E-state index contributed by atoms with van der Waals surface area (Å²) in [5.41, 5.74) is 1.26. The Morgan fingerprint density at radius 2 is 1.84 bits per heavy atom. The molecule has 3 heterocycles. The van der Waals surface area contributed by atoms with Crippen molar-refractivity contribution in [1.82, 2.24) is 24.1 Å². The van der Waals surface area contributed by atoms with E-state index in [4.69, 9.17) is 0 Å². The van der Waals surface area contributed by atoms with Crippen molar-refractivity contribution in [3.8, 4) is 0 Å². The third-order valence-corrected chi connectivity index (χ3v) is 6.26. The summed E-state index contributed by atoms with van der Waals surface area (Å²) < 4.78 is 3.74. The van der Waals surface area contributed by atoms with Gasteiger partial charge in [-0.15, -0.1) is 10.2 Å². The van der Waals surface area contributed by atoms with Gasteiger partial charge in [-0.3, -0.25) is 18.7 Å². The zero-order valence-electron chi connectivity index (χ0n) is 15.6. The van der Waals surface area contributed by atoms with Gasteiger partial charge in [-0.1, -0.05) is 26.0 Å². The lowest BCUT2D eigenvalue weighted by Crippen LogP contribution is -2.68. The molecule has 6 nitrogen and oxygen atoms in total. The highest BCUT2D eigenvalue weighted by Crippen LogP contribution is 2.46. The number of aryl methyl sites for hydroxylation is 1. The Hall–Kier alpha value is -2.21. The van der Waals surface area contributed by atoms with Gasteiger partial charge in [0.25, 0.3) is 5.56 Å². The van der Waals surface area contributed by atoms with Crippen LogP contribution in [0.25, 0.3) is 16.7 Å². The maximum atomic E-state index is 12.7. The molecule has 4 rings (SSSR count). The Kier molecular flexibility index (Phi) is 3.35. The van der Waals surface area contributed by atoms with E-state index in [9.17, 15) is 4.79 Å². The predicted octanol–water partition coefficient (Wildman–Crippen LogP) is 2.68. The summed E-state index contributed by atoms with van der Waals surface area (Å²) in [7, 11) is 0. The van der Waals surface area contributed by atoms with Crippen LogP contribution in [0.15, 0.2) is 29.1 Å². The molecule has 3 aromatic rings. The van der Waals surface area contributed by atoms with E-state index in [0.717, 1.165) is 24.4 Å². The number of nitrogens with zero attached hydrogens (tertiary/aromatic N) is 5. The van der Waals surface area contributed by atoms with Gasteiger partial charge in [-0.05, 0) is 38.3 Å². The lowest BCUT2D eigenvalue weighted by molar-refractivity contribution is -0.123. The van der Waals surface area contributed by atoms with Crippen LogP contribution >= 0.6 is 0 Å². The minimum absolute atomic E-state index is 0.00466. The Bertz CT molecular complexity index is 1030. The van der Waals surface area contributed by atoms with Crippen LogP contribution in [0.3, 0.4) is 0 Å². The molecule has 0 bridgehead atoms. The second-order valence-corrected chi connectivity index (χ2v) is 8.12. The fraction of sp³-hybridized carbons (Fsp3) is 0.526. The van der Waals surface area contributed by atoms with Gasteiger partial charge in [0.15, 0.2) is 5.82 Å². The molecule has 0 radical (unpaired) electrons. The fourth-order valence-corrected chi connectivity index (χ4v) is 3.83. The van der Waals surface area contributed by atoms with Gasteiger partial charge in [-0.25, -0.2) is 0 Å². The molecule has 1 fully saturated rings. The number of rotatable bonds is 3. The average Bonchev–Trinajstić information content (AvgIpc) is 2.98. The summed E-state index contributed by atoms with van der Waals surface area (Å²) in [5, 5.41) is 9.50. The molecule has 0 saturated carbocycles. The fourth-order valence-electron chi connectivity index (χ4n) is 3.83. The molecule has 1 saturated heterocycles. The van der Waals surface area contributed by atoms with Crippen molar-refractivity contribution in [3.63, 3.8) is 0 Å². The quantitative estimate of drug-likeness (QED) is 0.736. The molecule has 25 heavy (non-hydrogen) atoms. The monoisotopic (exact) mass is 339 g/mol. The molecule has 2 aromatic heterocycles. The van der Waals surface area contributed by atoms with Crippen LogP contribution in [0.1, 0.15) is 40.4 Å². The number of aromatic nitrogens is 4. The first-order valence-corrected chi connectivity index (χ1v) is 8.88. The minimum Gasteiger partial charge on any atom is -0.290 e. The second-order valence-electron chi connectivity index (χ2n) is 8.12. The molecule has 1 aromatic carbocycles. The lowest BCUT2D eigenvalue weighted by Gasteiger charge is -2.61. The summed E-state index contributed by atoms with van der Waals surface area (Å²) >= 11 is 0. The molecule has 1 aliphatic rings. The van der Waals surface area contributed by atoms with Gasteiger partial charge in [0.2, 0.25) is 5.78 Å².